The van der Waals surface area contributed by atoms with Crippen molar-refractivity contribution in [3.63, 3.8) is 0 Å². The Hall–Kier alpha value is -0.860. The minimum atomic E-state index is 0.272. The van der Waals surface area contributed by atoms with Crippen molar-refractivity contribution in [3.05, 3.63) is 35.9 Å². The molecule has 1 aromatic carbocycles. The molecule has 0 radical (unpaired) electrons. The Morgan fingerprint density at radius 3 is 2.56 bits per heavy atom. The van der Waals surface area contributed by atoms with E-state index < -0.39 is 0 Å². The lowest BCUT2D eigenvalue weighted by Gasteiger charge is -2.28. The standard InChI is InChI=1S/C14H21NO/c16-11-13(10-15-14-7-4-8-14)9-12-5-2-1-3-6-12/h1-3,5-6,13-16H,4,7-11H2. The molecule has 1 atom stereocenters. The molecule has 0 aromatic heterocycles. The summed E-state index contributed by atoms with van der Waals surface area (Å²) in [6.07, 6.45) is 4.95. The van der Waals surface area contributed by atoms with Crippen LogP contribution in [0, 0.1) is 5.92 Å². The largest absolute Gasteiger partial charge is 0.396 e. The van der Waals surface area contributed by atoms with E-state index in [9.17, 15) is 5.11 Å². The molecule has 1 saturated carbocycles. The van der Waals surface area contributed by atoms with Crippen LogP contribution < -0.4 is 5.32 Å². The van der Waals surface area contributed by atoms with Gasteiger partial charge in [-0.15, -0.1) is 0 Å². The van der Waals surface area contributed by atoms with Gasteiger partial charge < -0.3 is 10.4 Å². The van der Waals surface area contributed by atoms with Crippen LogP contribution in [0.15, 0.2) is 30.3 Å². The van der Waals surface area contributed by atoms with Gasteiger partial charge in [-0.05, 0) is 30.7 Å². The van der Waals surface area contributed by atoms with Crippen LogP contribution in [-0.4, -0.2) is 24.3 Å². The molecule has 0 aliphatic heterocycles. The van der Waals surface area contributed by atoms with Crippen molar-refractivity contribution >= 4 is 0 Å². The molecule has 0 heterocycles. The summed E-state index contributed by atoms with van der Waals surface area (Å²) in [5.74, 6) is 0.350. The molecule has 2 rings (SSSR count). The topological polar surface area (TPSA) is 32.3 Å². The molecule has 16 heavy (non-hydrogen) atoms. The van der Waals surface area contributed by atoms with Crippen molar-refractivity contribution < 1.29 is 5.11 Å². The molecule has 1 aliphatic carbocycles. The highest BCUT2D eigenvalue weighted by atomic mass is 16.3. The van der Waals surface area contributed by atoms with E-state index in [0.29, 0.717) is 12.0 Å². The lowest BCUT2D eigenvalue weighted by molar-refractivity contribution is 0.209. The van der Waals surface area contributed by atoms with E-state index in [-0.39, 0.29) is 6.61 Å². The predicted octanol–water partition coefficient (Wildman–Crippen LogP) is 1.98. The Kier molecular flexibility index (Phi) is 4.37. The van der Waals surface area contributed by atoms with Crippen molar-refractivity contribution in [2.75, 3.05) is 13.2 Å². The van der Waals surface area contributed by atoms with Crippen LogP contribution in [-0.2, 0) is 6.42 Å². The average Bonchev–Trinajstić information content (AvgIpc) is 2.27. The van der Waals surface area contributed by atoms with E-state index >= 15 is 0 Å². The van der Waals surface area contributed by atoms with Crippen LogP contribution in [0.25, 0.3) is 0 Å². The zero-order valence-corrected chi connectivity index (χ0v) is 9.73. The van der Waals surface area contributed by atoms with Gasteiger partial charge in [-0.1, -0.05) is 36.8 Å². The molecule has 88 valence electrons. The molecular weight excluding hydrogens is 198 g/mol. The lowest BCUT2D eigenvalue weighted by Crippen LogP contribution is -2.39. The highest BCUT2D eigenvalue weighted by Gasteiger charge is 2.18. The summed E-state index contributed by atoms with van der Waals surface area (Å²) < 4.78 is 0. The Bertz CT molecular complexity index is 295. The van der Waals surface area contributed by atoms with Crippen molar-refractivity contribution in [1.82, 2.24) is 5.32 Å². The van der Waals surface area contributed by atoms with Crippen LogP contribution in [0.1, 0.15) is 24.8 Å². The Labute approximate surface area is 97.7 Å². The van der Waals surface area contributed by atoms with Crippen LogP contribution in [0.4, 0.5) is 0 Å². The fourth-order valence-electron chi connectivity index (χ4n) is 2.09. The predicted molar refractivity (Wildman–Crippen MR) is 66.4 cm³/mol. The van der Waals surface area contributed by atoms with Crippen LogP contribution in [0.3, 0.4) is 0 Å². The van der Waals surface area contributed by atoms with E-state index in [1.165, 1.54) is 24.8 Å². The van der Waals surface area contributed by atoms with Crippen LogP contribution in [0.5, 0.6) is 0 Å². The summed E-state index contributed by atoms with van der Waals surface area (Å²) in [5.41, 5.74) is 1.32. The highest BCUT2D eigenvalue weighted by molar-refractivity contribution is 5.15. The Balaban J connectivity index is 1.76. The van der Waals surface area contributed by atoms with Crippen molar-refractivity contribution in [2.24, 2.45) is 5.92 Å². The summed E-state index contributed by atoms with van der Waals surface area (Å²) in [7, 11) is 0. The summed E-state index contributed by atoms with van der Waals surface area (Å²) in [5, 5.41) is 12.9. The first-order valence-electron chi connectivity index (χ1n) is 6.26. The molecule has 0 bridgehead atoms. The third kappa shape index (κ3) is 3.32. The molecule has 1 fully saturated rings. The van der Waals surface area contributed by atoms with Crippen molar-refractivity contribution in [3.8, 4) is 0 Å². The number of hydrogen-bond donors (Lipinski definition) is 2. The first-order chi connectivity index (χ1) is 7.88. The second kappa shape index (κ2) is 6.02. The van der Waals surface area contributed by atoms with E-state index in [2.05, 4.69) is 29.6 Å². The molecule has 1 aliphatic rings. The van der Waals surface area contributed by atoms with E-state index in [0.717, 1.165) is 13.0 Å². The molecule has 1 aromatic rings. The first-order valence-corrected chi connectivity index (χ1v) is 6.26. The fourth-order valence-corrected chi connectivity index (χ4v) is 2.09. The summed E-state index contributed by atoms with van der Waals surface area (Å²) >= 11 is 0. The number of hydrogen-bond acceptors (Lipinski definition) is 2. The average molecular weight is 219 g/mol. The third-order valence-electron chi connectivity index (χ3n) is 3.43. The maximum absolute atomic E-state index is 9.35. The van der Waals surface area contributed by atoms with E-state index in [1.54, 1.807) is 0 Å². The van der Waals surface area contributed by atoms with Gasteiger partial charge in [0.1, 0.15) is 0 Å². The molecule has 1 unspecified atom stereocenters. The van der Waals surface area contributed by atoms with Gasteiger partial charge in [-0.3, -0.25) is 0 Å². The van der Waals surface area contributed by atoms with Gasteiger partial charge in [0.05, 0.1) is 0 Å². The third-order valence-corrected chi connectivity index (χ3v) is 3.43. The highest BCUT2D eigenvalue weighted by Crippen LogP contribution is 2.18. The number of rotatable bonds is 6. The molecule has 2 N–H and O–H groups in total. The maximum atomic E-state index is 9.35. The minimum Gasteiger partial charge on any atom is -0.396 e. The monoisotopic (exact) mass is 219 g/mol. The number of benzene rings is 1. The smallest absolute Gasteiger partial charge is 0.0474 e. The van der Waals surface area contributed by atoms with Gasteiger partial charge in [0.2, 0.25) is 0 Å². The lowest BCUT2D eigenvalue weighted by atomic mass is 9.92. The van der Waals surface area contributed by atoms with Gasteiger partial charge in [0, 0.05) is 19.2 Å². The van der Waals surface area contributed by atoms with Crippen LogP contribution >= 0.6 is 0 Å². The summed E-state index contributed by atoms with van der Waals surface area (Å²) in [6, 6.07) is 11.1. The number of aliphatic hydroxyl groups is 1. The molecule has 2 nitrogen and oxygen atoms in total. The number of nitrogens with one attached hydrogen (secondary N) is 1. The zero-order valence-electron chi connectivity index (χ0n) is 9.73. The van der Waals surface area contributed by atoms with E-state index in [1.807, 2.05) is 6.07 Å². The zero-order chi connectivity index (χ0) is 11.2. The first kappa shape index (κ1) is 11.6. The van der Waals surface area contributed by atoms with Crippen molar-refractivity contribution in [1.29, 1.82) is 0 Å². The number of aliphatic hydroxyl groups excluding tert-OH is 1. The van der Waals surface area contributed by atoms with Gasteiger partial charge in [0.15, 0.2) is 0 Å². The van der Waals surface area contributed by atoms with Gasteiger partial charge in [-0.2, -0.15) is 0 Å². The van der Waals surface area contributed by atoms with Gasteiger partial charge in [0.25, 0.3) is 0 Å². The van der Waals surface area contributed by atoms with Gasteiger partial charge >= 0.3 is 0 Å². The minimum absolute atomic E-state index is 0.272. The van der Waals surface area contributed by atoms with Gasteiger partial charge in [-0.25, -0.2) is 0 Å². The Morgan fingerprint density at radius 1 is 1.25 bits per heavy atom. The quantitative estimate of drug-likeness (QED) is 0.767. The molecular formula is C14H21NO. The summed E-state index contributed by atoms with van der Waals surface area (Å²) in [6.45, 7) is 1.21. The molecule has 0 spiro atoms. The van der Waals surface area contributed by atoms with Crippen molar-refractivity contribution in [2.45, 2.75) is 31.7 Å². The molecule has 0 saturated heterocycles. The molecule has 0 amide bonds. The fraction of sp³-hybridized carbons (Fsp3) is 0.571. The summed E-state index contributed by atoms with van der Waals surface area (Å²) in [4.78, 5) is 0. The molecule has 2 heteroatoms. The maximum Gasteiger partial charge on any atom is 0.0474 e. The SMILES string of the molecule is OCC(CNC1CCC1)Cc1ccccc1. The van der Waals surface area contributed by atoms with Crippen LogP contribution in [0.2, 0.25) is 0 Å². The normalized spacial score (nSPS) is 18.1. The second-order valence-corrected chi connectivity index (χ2v) is 4.77. The Morgan fingerprint density at radius 2 is 2.00 bits per heavy atom. The van der Waals surface area contributed by atoms with E-state index in [4.69, 9.17) is 0 Å². The second-order valence-electron chi connectivity index (χ2n) is 4.77.